The summed E-state index contributed by atoms with van der Waals surface area (Å²) >= 11 is 0. The molecule has 1 aromatic carbocycles. The lowest BCUT2D eigenvalue weighted by Gasteiger charge is -2.22. The minimum Gasteiger partial charge on any atom is -0.458 e. The van der Waals surface area contributed by atoms with E-state index in [-0.39, 0.29) is 23.5 Å². The van der Waals surface area contributed by atoms with E-state index < -0.39 is 22.2 Å². The van der Waals surface area contributed by atoms with Crippen LogP contribution < -0.4 is 5.56 Å². The molecule has 0 fully saturated rings. The van der Waals surface area contributed by atoms with Gasteiger partial charge in [-0.15, -0.1) is 0 Å². The second-order valence-electron chi connectivity index (χ2n) is 8.86. The number of aryl methyl sites for hydroxylation is 2. The molecule has 3 aromatic rings. The Morgan fingerprint density at radius 2 is 1.78 bits per heavy atom. The van der Waals surface area contributed by atoms with Crippen molar-refractivity contribution in [3.05, 3.63) is 61.7 Å². The van der Waals surface area contributed by atoms with Crippen molar-refractivity contribution < 1.29 is 31.6 Å². The van der Waals surface area contributed by atoms with Crippen LogP contribution in [0.1, 0.15) is 59.8 Å². The zero-order valence-corrected chi connectivity index (χ0v) is 22.2. The summed E-state index contributed by atoms with van der Waals surface area (Å²) in [7, 11) is -2.04. The van der Waals surface area contributed by atoms with Crippen molar-refractivity contribution in [2.24, 2.45) is 0 Å². The lowest BCUT2D eigenvalue weighted by Crippen LogP contribution is -2.32. The molecule has 0 amide bonds. The van der Waals surface area contributed by atoms with E-state index in [1.54, 1.807) is 17.6 Å². The number of ether oxygens (including phenoxy) is 1. The second kappa shape index (κ2) is 9.96. The highest BCUT2D eigenvalue weighted by Gasteiger charge is 2.35. The van der Waals surface area contributed by atoms with Gasteiger partial charge in [0.15, 0.2) is 6.10 Å². The Kier molecular flexibility index (Phi) is 7.24. The molecule has 11 heteroatoms. The van der Waals surface area contributed by atoms with E-state index in [9.17, 15) is 27.5 Å². The van der Waals surface area contributed by atoms with Gasteiger partial charge in [-0.2, -0.15) is 8.42 Å². The minimum absolute atomic E-state index is 0.141. The monoisotopic (exact) mass is 532 g/mol. The van der Waals surface area contributed by atoms with Crippen molar-refractivity contribution in [1.29, 1.82) is 0 Å². The van der Waals surface area contributed by atoms with E-state index >= 15 is 0 Å². The highest BCUT2D eigenvalue weighted by molar-refractivity contribution is 7.85. The van der Waals surface area contributed by atoms with Gasteiger partial charge in [0.25, 0.3) is 15.7 Å². The van der Waals surface area contributed by atoms with Gasteiger partial charge in [-0.1, -0.05) is 13.8 Å². The fraction of sp³-hybridized carbons (Fsp3) is 0.423. The number of halogens is 1. The van der Waals surface area contributed by atoms with Crippen molar-refractivity contribution in [1.82, 2.24) is 9.55 Å². The first-order valence-corrected chi connectivity index (χ1v) is 13.8. The first-order valence-electron chi connectivity index (χ1n) is 12.0. The van der Waals surface area contributed by atoms with Crippen LogP contribution in [0, 0.1) is 12.7 Å². The number of aromatic nitrogens is 2. The van der Waals surface area contributed by atoms with Gasteiger partial charge in [-0.05, 0) is 48.9 Å². The summed E-state index contributed by atoms with van der Waals surface area (Å²) in [5.41, 5.74) is 5.86. The maximum atomic E-state index is 14.5. The van der Waals surface area contributed by atoms with Crippen LogP contribution in [0.4, 0.5) is 4.39 Å². The summed E-state index contributed by atoms with van der Waals surface area (Å²) in [5, 5.41) is 11.2. The fourth-order valence-corrected chi connectivity index (χ4v) is 5.06. The Hall–Kier alpha value is -3.15. The van der Waals surface area contributed by atoms with Crippen molar-refractivity contribution in [3.8, 4) is 11.4 Å². The first kappa shape index (κ1) is 26.9. The Labute approximate surface area is 214 Å². The van der Waals surface area contributed by atoms with E-state index in [2.05, 4.69) is 4.18 Å². The van der Waals surface area contributed by atoms with E-state index in [1.807, 2.05) is 13.8 Å². The summed E-state index contributed by atoms with van der Waals surface area (Å²) in [5.74, 6) is -1.03. The first-order chi connectivity index (χ1) is 17.5. The normalized spacial score (nSPS) is 16.9. The van der Waals surface area contributed by atoms with Gasteiger partial charge in [0.1, 0.15) is 12.4 Å². The van der Waals surface area contributed by atoms with E-state index in [4.69, 9.17) is 9.72 Å². The zero-order chi connectivity index (χ0) is 27.2. The third-order valence-corrected chi connectivity index (χ3v) is 7.45. The van der Waals surface area contributed by atoms with Gasteiger partial charge < -0.3 is 14.4 Å². The summed E-state index contributed by atoms with van der Waals surface area (Å²) in [6.07, 6.45) is 2.11. The molecule has 0 spiro atoms. The van der Waals surface area contributed by atoms with Crippen LogP contribution in [-0.4, -0.2) is 42.4 Å². The molecule has 3 aliphatic rings. The van der Waals surface area contributed by atoms with Crippen LogP contribution in [0.15, 0.2) is 16.9 Å². The smallest absolute Gasteiger partial charge is 0.340 e. The zero-order valence-electron chi connectivity index (χ0n) is 21.3. The maximum absolute atomic E-state index is 14.5. The number of hydrogen-bond acceptors (Lipinski definition) is 8. The van der Waals surface area contributed by atoms with E-state index in [0.717, 1.165) is 54.7 Å². The average molecular weight is 533 g/mol. The number of hydrogen-bond donors (Lipinski definition) is 1. The van der Waals surface area contributed by atoms with Gasteiger partial charge in [-0.25, -0.2) is 14.2 Å². The highest BCUT2D eigenvalue weighted by atomic mass is 32.2. The fourth-order valence-electron chi connectivity index (χ4n) is 5.06. The topological polar surface area (TPSA) is 125 Å². The number of aliphatic hydroxyl groups is 1. The number of cyclic esters (lactones) is 1. The number of benzene rings is 1. The molecule has 2 aromatic heterocycles. The van der Waals surface area contributed by atoms with Crippen LogP contribution in [0.5, 0.6) is 0 Å². The van der Waals surface area contributed by atoms with Crippen LogP contribution in [0.3, 0.4) is 0 Å². The number of pyridine rings is 2. The molecule has 6 rings (SSSR count). The number of aliphatic hydroxyl groups excluding tert-OH is 1. The SMILES string of the molecule is CC.COS(C)(=O)=O.Cc1c(F)cc2nc3c(c4c2c1CCC4)Cn1c-3cc2c(c1=O)COC(=O)C2O. The molecule has 0 bridgehead atoms. The van der Waals surface area contributed by atoms with Crippen molar-refractivity contribution in [2.75, 3.05) is 13.4 Å². The average Bonchev–Trinajstić information content (AvgIpc) is 3.25. The van der Waals surface area contributed by atoms with Crippen molar-refractivity contribution in [2.45, 2.75) is 59.3 Å². The predicted octanol–water partition coefficient (Wildman–Crippen LogP) is 3.07. The predicted molar refractivity (Wildman–Crippen MR) is 135 cm³/mol. The lowest BCUT2D eigenvalue weighted by atomic mass is 9.85. The van der Waals surface area contributed by atoms with Gasteiger partial charge in [0.05, 0.1) is 42.4 Å². The highest BCUT2D eigenvalue weighted by Crippen LogP contribution is 2.41. The Morgan fingerprint density at radius 3 is 2.43 bits per heavy atom. The second-order valence-corrected chi connectivity index (χ2v) is 10.6. The number of esters is 1. The molecule has 0 radical (unpaired) electrons. The molecular formula is C26H29FN2O7S. The van der Waals surface area contributed by atoms with Gasteiger partial charge in [0.2, 0.25) is 0 Å². The summed E-state index contributed by atoms with van der Waals surface area (Å²) < 4.78 is 44.5. The molecule has 1 atom stereocenters. The van der Waals surface area contributed by atoms with Gasteiger partial charge >= 0.3 is 5.97 Å². The molecule has 2 aliphatic heterocycles. The molecule has 198 valence electrons. The molecular weight excluding hydrogens is 503 g/mol. The summed E-state index contributed by atoms with van der Waals surface area (Å²) in [6, 6.07) is 3.13. The van der Waals surface area contributed by atoms with Gasteiger partial charge in [-0.3, -0.25) is 8.98 Å². The molecule has 0 saturated carbocycles. The molecule has 1 unspecified atom stereocenters. The Balaban J connectivity index is 0.000000355. The quantitative estimate of drug-likeness (QED) is 0.293. The third kappa shape index (κ3) is 4.55. The van der Waals surface area contributed by atoms with Gasteiger partial charge in [0, 0.05) is 22.6 Å². The van der Waals surface area contributed by atoms with Crippen molar-refractivity contribution in [3.63, 3.8) is 0 Å². The number of fused-ring (bicyclic) bond motifs is 5. The number of carbonyl (C=O) groups excluding carboxylic acids is 1. The van der Waals surface area contributed by atoms with E-state index in [1.165, 1.54) is 6.07 Å². The molecule has 9 nitrogen and oxygen atoms in total. The number of rotatable bonds is 1. The molecule has 1 N–H and O–H groups in total. The number of carbonyl (C=O) groups is 1. The van der Waals surface area contributed by atoms with Crippen LogP contribution in [0.25, 0.3) is 22.3 Å². The molecule has 0 saturated heterocycles. The lowest BCUT2D eigenvalue weighted by molar-refractivity contribution is -0.157. The standard InChI is InChI=1S/C22H17FN2O4.C2H6O3S.C2H6/c1-9-10-3-2-4-11-13-7-25-17(19(13)24-16(18(10)11)6-15(9)23)5-12-14(21(25)27)8-29-22(28)20(12)26;1-5-6(2,3)4;1-2/h5-6,20,26H,2-4,7-8H2,1H3;1-2H3;1-2H3. The third-order valence-electron chi connectivity index (χ3n) is 6.84. The van der Waals surface area contributed by atoms with Crippen molar-refractivity contribution >= 4 is 27.0 Å². The molecule has 4 heterocycles. The van der Waals surface area contributed by atoms with Crippen LogP contribution in [0.2, 0.25) is 0 Å². The largest absolute Gasteiger partial charge is 0.458 e. The summed E-state index contributed by atoms with van der Waals surface area (Å²) in [4.78, 5) is 29.6. The minimum atomic E-state index is -3.16. The maximum Gasteiger partial charge on any atom is 0.340 e. The van der Waals surface area contributed by atoms with Crippen LogP contribution >= 0.6 is 0 Å². The van der Waals surface area contributed by atoms with E-state index in [0.29, 0.717) is 34.6 Å². The summed E-state index contributed by atoms with van der Waals surface area (Å²) in [6.45, 7) is 6.05. The molecule has 1 aliphatic carbocycles. The Morgan fingerprint density at radius 1 is 1.14 bits per heavy atom. The molecule has 37 heavy (non-hydrogen) atoms. The Bertz CT molecular complexity index is 1600. The van der Waals surface area contributed by atoms with Crippen LogP contribution in [-0.2, 0) is 49.8 Å². The number of nitrogens with zero attached hydrogens (tertiary/aromatic N) is 2.